The molecule has 6 nitrogen and oxygen atoms in total. The maximum absolute atomic E-state index is 12.7. The highest BCUT2D eigenvalue weighted by Gasteiger charge is 2.55. The fraction of sp³-hybridized carbons (Fsp3) is 0.529. The van der Waals surface area contributed by atoms with Crippen LogP contribution < -0.4 is 9.47 Å². The number of carbonyl (C=O) groups is 2. The summed E-state index contributed by atoms with van der Waals surface area (Å²) in [5.41, 5.74) is 0.0631. The lowest BCUT2D eigenvalue weighted by Gasteiger charge is -2.51. The number of fused-ring (bicyclic) bond motifs is 4. The summed E-state index contributed by atoms with van der Waals surface area (Å²) in [5.74, 6) is -0.518. The summed E-state index contributed by atoms with van der Waals surface area (Å²) in [7, 11) is 3.25. The van der Waals surface area contributed by atoms with E-state index in [9.17, 15) is 9.59 Å². The van der Waals surface area contributed by atoms with Gasteiger partial charge in [0.15, 0.2) is 5.72 Å². The van der Waals surface area contributed by atoms with Crippen molar-refractivity contribution >= 4 is 11.9 Å². The fourth-order valence-corrected chi connectivity index (χ4v) is 3.45. The van der Waals surface area contributed by atoms with Gasteiger partial charge in [0.2, 0.25) is 5.91 Å². The predicted molar refractivity (Wildman–Crippen MR) is 82.3 cm³/mol. The van der Waals surface area contributed by atoms with Crippen molar-refractivity contribution in [1.29, 1.82) is 0 Å². The van der Waals surface area contributed by atoms with Gasteiger partial charge >= 0.3 is 5.97 Å². The van der Waals surface area contributed by atoms with Gasteiger partial charge in [-0.25, -0.2) is 0 Å². The molecule has 0 spiro atoms. The third-order valence-electron chi connectivity index (χ3n) is 4.79. The number of ether oxygens (including phenoxy) is 3. The topological polar surface area (TPSA) is 65.1 Å². The van der Waals surface area contributed by atoms with Crippen molar-refractivity contribution in [3.05, 3.63) is 23.8 Å². The van der Waals surface area contributed by atoms with Crippen molar-refractivity contribution in [2.75, 3.05) is 20.8 Å². The third kappa shape index (κ3) is 2.33. The van der Waals surface area contributed by atoms with Gasteiger partial charge in [-0.2, -0.15) is 0 Å². The van der Waals surface area contributed by atoms with Crippen LogP contribution in [0.25, 0.3) is 0 Å². The molecule has 0 unspecified atom stereocenters. The Balaban J connectivity index is 2.10. The number of hydrogen-bond acceptors (Lipinski definition) is 5. The highest BCUT2D eigenvalue weighted by Crippen LogP contribution is 2.50. The smallest absolute Gasteiger partial charge is 0.319 e. The van der Waals surface area contributed by atoms with E-state index in [0.29, 0.717) is 17.9 Å². The van der Waals surface area contributed by atoms with Crippen LogP contribution in [0.1, 0.15) is 31.7 Å². The van der Waals surface area contributed by atoms with Crippen molar-refractivity contribution in [3.8, 4) is 11.5 Å². The molecule has 23 heavy (non-hydrogen) atoms. The molecule has 2 heterocycles. The minimum atomic E-state index is -0.845. The Labute approximate surface area is 135 Å². The van der Waals surface area contributed by atoms with E-state index < -0.39 is 17.6 Å². The number of hydrogen-bond donors (Lipinski definition) is 0. The number of methoxy groups -OCH3 is 1. The molecule has 2 aliphatic heterocycles. The largest absolute Gasteiger partial charge is 0.497 e. The number of piperidine rings is 1. The van der Waals surface area contributed by atoms with Crippen molar-refractivity contribution in [2.24, 2.45) is 5.92 Å². The lowest BCUT2D eigenvalue weighted by molar-refractivity contribution is -0.178. The van der Waals surface area contributed by atoms with Crippen LogP contribution in [0.5, 0.6) is 11.5 Å². The van der Waals surface area contributed by atoms with E-state index >= 15 is 0 Å². The van der Waals surface area contributed by atoms with E-state index in [1.807, 2.05) is 25.1 Å². The van der Waals surface area contributed by atoms with Crippen molar-refractivity contribution in [2.45, 2.75) is 31.9 Å². The number of likely N-dealkylation sites (tertiary alicyclic amines) is 1. The number of amides is 1. The molecule has 0 aliphatic carbocycles. The van der Waals surface area contributed by atoms with Crippen LogP contribution in [0.2, 0.25) is 0 Å². The van der Waals surface area contributed by atoms with Crippen molar-refractivity contribution in [1.82, 2.24) is 4.90 Å². The van der Waals surface area contributed by atoms with Gasteiger partial charge < -0.3 is 19.1 Å². The van der Waals surface area contributed by atoms with Crippen LogP contribution in [0.3, 0.4) is 0 Å². The molecule has 2 aliphatic rings. The average Bonchev–Trinajstić information content (AvgIpc) is 2.53. The fourth-order valence-electron chi connectivity index (χ4n) is 3.45. The van der Waals surface area contributed by atoms with E-state index in [4.69, 9.17) is 14.2 Å². The second-order valence-corrected chi connectivity index (χ2v) is 6.12. The van der Waals surface area contributed by atoms with Gasteiger partial charge in [-0.3, -0.25) is 9.59 Å². The first-order valence-corrected chi connectivity index (χ1v) is 7.72. The van der Waals surface area contributed by atoms with Crippen LogP contribution in [-0.4, -0.2) is 43.3 Å². The minimum Gasteiger partial charge on any atom is -0.497 e. The summed E-state index contributed by atoms with van der Waals surface area (Å²) in [6.45, 7) is 3.85. The zero-order valence-electron chi connectivity index (χ0n) is 13.8. The van der Waals surface area contributed by atoms with E-state index in [2.05, 4.69) is 0 Å². The molecular weight excluding hydrogens is 298 g/mol. The zero-order valence-corrected chi connectivity index (χ0v) is 13.8. The number of benzene rings is 1. The molecule has 1 aromatic rings. The Morgan fingerprint density at radius 1 is 1.48 bits per heavy atom. The molecule has 0 aromatic heterocycles. The normalized spacial score (nSPS) is 28.7. The summed E-state index contributed by atoms with van der Waals surface area (Å²) < 4.78 is 16.5. The Bertz CT molecular complexity index is 658. The van der Waals surface area contributed by atoms with Crippen LogP contribution in [0.15, 0.2) is 18.2 Å². The van der Waals surface area contributed by atoms with Crippen LogP contribution >= 0.6 is 0 Å². The van der Waals surface area contributed by atoms with Gasteiger partial charge in [0.05, 0.1) is 13.7 Å². The standard InChI is InChI=1S/C17H21NO5/c1-5-22-16(20)14-12-9-17(2,18(3)15(14)19)23-13-7-6-10(21-4)8-11(12)13/h6-8,12,14H,5,9H2,1-4H3/t12-,14-,17-/m0/s1. The molecule has 6 heteroatoms. The first-order valence-electron chi connectivity index (χ1n) is 7.72. The summed E-state index contributed by atoms with van der Waals surface area (Å²) >= 11 is 0. The average molecular weight is 319 g/mol. The molecule has 1 amide bonds. The molecule has 0 radical (unpaired) electrons. The van der Waals surface area contributed by atoms with Gasteiger partial charge in [0.25, 0.3) is 0 Å². The van der Waals surface area contributed by atoms with Crippen LogP contribution in [-0.2, 0) is 14.3 Å². The summed E-state index contributed by atoms with van der Waals surface area (Å²) in [6.07, 6.45) is 0.541. The number of esters is 1. The molecule has 124 valence electrons. The SMILES string of the molecule is CCOC(=O)[C@@H]1C(=O)N(C)[C@]2(C)C[C@H]1c1cc(OC)ccc1O2. The summed E-state index contributed by atoms with van der Waals surface area (Å²) in [6, 6.07) is 5.47. The Morgan fingerprint density at radius 2 is 2.22 bits per heavy atom. The van der Waals surface area contributed by atoms with Gasteiger partial charge in [-0.05, 0) is 32.0 Å². The first kappa shape index (κ1) is 15.6. The maximum atomic E-state index is 12.7. The maximum Gasteiger partial charge on any atom is 0.319 e. The number of rotatable bonds is 3. The van der Waals surface area contributed by atoms with Crippen LogP contribution in [0, 0.1) is 5.92 Å². The molecule has 1 saturated heterocycles. The minimum absolute atomic E-state index is 0.248. The highest BCUT2D eigenvalue weighted by atomic mass is 16.5. The van der Waals surface area contributed by atoms with E-state index in [0.717, 1.165) is 5.56 Å². The first-order chi connectivity index (χ1) is 10.9. The van der Waals surface area contributed by atoms with Crippen molar-refractivity contribution < 1.29 is 23.8 Å². The molecule has 1 aromatic carbocycles. The monoisotopic (exact) mass is 319 g/mol. The van der Waals surface area contributed by atoms with Crippen molar-refractivity contribution in [3.63, 3.8) is 0 Å². The molecule has 3 rings (SSSR count). The molecule has 3 atom stereocenters. The Kier molecular flexibility index (Phi) is 3.70. The summed E-state index contributed by atoms with van der Waals surface area (Å²) in [5, 5.41) is 0. The van der Waals surface area contributed by atoms with Gasteiger partial charge in [-0.1, -0.05) is 0 Å². The summed E-state index contributed by atoms with van der Waals surface area (Å²) in [4.78, 5) is 26.6. The third-order valence-corrected chi connectivity index (χ3v) is 4.79. The lowest BCUT2D eigenvalue weighted by atomic mass is 9.74. The number of carbonyl (C=O) groups excluding carboxylic acids is 2. The van der Waals surface area contributed by atoms with Gasteiger partial charge in [-0.15, -0.1) is 0 Å². The van der Waals surface area contributed by atoms with E-state index in [1.165, 1.54) is 4.90 Å². The predicted octanol–water partition coefficient (Wildman–Crippen LogP) is 1.93. The molecule has 0 N–H and O–H groups in total. The molecule has 2 bridgehead atoms. The molecule has 0 saturated carbocycles. The Hall–Kier alpha value is -2.24. The van der Waals surface area contributed by atoms with E-state index in [-0.39, 0.29) is 18.4 Å². The lowest BCUT2D eigenvalue weighted by Crippen LogP contribution is -2.62. The second-order valence-electron chi connectivity index (χ2n) is 6.12. The Morgan fingerprint density at radius 3 is 2.87 bits per heavy atom. The van der Waals surface area contributed by atoms with Gasteiger partial charge in [0.1, 0.15) is 17.4 Å². The van der Waals surface area contributed by atoms with Gasteiger partial charge in [0, 0.05) is 24.9 Å². The quantitative estimate of drug-likeness (QED) is 0.629. The van der Waals surface area contributed by atoms with Crippen LogP contribution in [0.4, 0.5) is 0 Å². The second kappa shape index (κ2) is 5.44. The number of nitrogens with zero attached hydrogens (tertiary/aromatic N) is 1. The molecular formula is C17H21NO5. The zero-order chi connectivity index (χ0) is 16.8. The highest BCUT2D eigenvalue weighted by molar-refractivity contribution is 6.00. The van der Waals surface area contributed by atoms with E-state index in [1.54, 1.807) is 21.1 Å². The molecule has 1 fully saturated rings.